The number of aryl methyl sites for hydroxylation is 1. The monoisotopic (exact) mass is 212 g/mol. The minimum atomic E-state index is -0.0923. The van der Waals surface area contributed by atoms with Gasteiger partial charge in [-0.2, -0.15) is 5.26 Å². The third kappa shape index (κ3) is 3.48. The van der Waals surface area contributed by atoms with Crippen molar-refractivity contribution in [2.24, 2.45) is 0 Å². The molecule has 0 radical (unpaired) electrons. The molecule has 1 N–H and O–H groups in total. The first kappa shape index (κ1) is 11.8. The molecule has 1 rings (SSSR count). The highest BCUT2D eigenvalue weighted by molar-refractivity contribution is 5.73. The number of nitrogens with one attached hydrogen (secondary N) is 1. The summed E-state index contributed by atoms with van der Waals surface area (Å²) in [4.78, 5) is 10.6. The average Bonchev–Trinajstić information content (AvgIpc) is 2.24. The maximum absolute atomic E-state index is 10.6. The summed E-state index contributed by atoms with van der Waals surface area (Å²) in [5, 5.41) is 11.3. The molecule has 0 saturated heterocycles. The first-order valence-electron chi connectivity index (χ1n) is 4.87. The third-order valence-corrected chi connectivity index (χ3v) is 2.01. The maximum Gasteiger partial charge on any atom is 0.217 e. The summed E-state index contributed by atoms with van der Waals surface area (Å²) in [5.74, 6) is 5.66. The van der Waals surface area contributed by atoms with Gasteiger partial charge in [0, 0.05) is 12.5 Å². The second-order valence-electron chi connectivity index (χ2n) is 3.35. The second-order valence-corrected chi connectivity index (χ2v) is 3.35. The molecule has 0 fully saturated rings. The van der Waals surface area contributed by atoms with Crippen LogP contribution in [-0.4, -0.2) is 12.5 Å². The summed E-state index contributed by atoms with van der Waals surface area (Å²) in [6, 6.07) is 7.51. The number of amides is 1. The summed E-state index contributed by atoms with van der Waals surface area (Å²) in [6.45, 7) is 3.67. The predicted octanol–water partition coefficient (Wildman–Crippen LogP) is 1.35. The van der Waals surface area contributed by atoms with Gasteiger partial charge in [-0.3, -0.25) is 4.79 Å². The topological polar surface area (TPSA) is 52.9 Å². The highest BCUT2D eigenvalue weighted by Crippen LogP contribution is 2.08. The van der Waals surface area contributed by atoms with Crippen molar-refractivity contribution in [2.75, 3.05) is 6.54 Å². The van der Waals surface area contributed by atoms with E-state index in [1.807, 2.05) is 13.0 Å². The first-order chi connectivity index (χ1) is 7.63. The molecule has 0 bridgehead atoms. The second kappa shape index (κ2) is 5.58. The Kier molecular flexibility index (Phi) is 4.12. The van der Waals surface area contributed by atoms with Crippen molar-refractivity contribution in [1.82, 2.24) is 5.32 Å². The summed E-state index contributed by atoms with van der Waals surface area (Å²) in [5.41, 5.74) is 2.42. The lowest BCUT2D eigenvalue weighted by Gasteiger charge is -1.97. The Hall–Kier alpha value is -2.26. The van der Waals surface area contributed by atoms with Crippen LogP contribution in [0.25, 0.3) is 0 Å². The van der Waals surface area contributed by atoms with Crippen molar-refractivity contribution in [1.29, 1.82) is 5.26 Å². The number of benzene rings is 1. The predicted molar refractivity (Wildman–Crippen MR) is 61.5 cm³/mol. The summed E-state index contributed by atoms with van der Waals surface area (Å²) in [6.07, 6.45) is 0. The Morgan fingerprint density at radius 2 is 2.25 bits per heavy atom. The number of carbonyl (C=O) groups is 1. The molecule has 1 amide bonds. The summed E-state index contributed by atoms with van der Waals surface area (Å²) in [7, 11) is 0. The number of carbonyl (C=O) groups excluding carboxylic acids is 1. The van der Waals surface area contributed by atoms with E-state index in [1.165, 1.54) is 6.92 Å². The van der Waals surface area contributed by atoms with Crippen molar-refractivity contribution in [3.63, 3.8) is 0 Å². The van der Waals surface area contributed by atoms with Crippen LogP contribution in [0.4, 0.5) is 0 Å². The molecule has 1 aromatic carbocycles. The van der Waals surface area contributed by atoms with Crippen LogP contribution in [0.3, 0.4) is 0 Å². The van der Waals surface area contributed by atoms with E-state index < -0.39 is 0 Å². The standard InChI is InChI=1S/C13H12N2O/c1-10-8-12(5-6-13(10)9-14)4-3-7-15-11(2)16/h5-6,8H,7H2,1-2H3,(H,15,16). The van der Waals surface area contributed by atoms with E-state index in [1.54, 1.807) is 12.1 Å². The highest BCUT2D eigenvalue weighted by Gasteiger charge is 1.96. The van der Waals surface area contributed by atoms with Crippen LogP contribution in [0.2, 0.25) is 0 Å². The van der Waals surface area contributed by atoms with Crippen LogP contribution in [-0.2, 0) is 4.79 Å². The smallest absolute Gasteiger partial charge is 0.217 e. The fraction of sp³-hybridized carbons (Fsp3) is 0.231. The number of rotatable bonds is 1. The zero-order valence-electron chi connectivity index (χ0n) is 9.29. The molecule has 16 heavy (non-hydrogen) atoms. The van der Waals surface area contributed by atoms with Crippen LogP contribution < -0.4 is 5.32 Å². The molecule has 0 unspecified atom stereocenters. The molecule has 0 aromatic heterocycles. The van der Waals surface area contributed by atoms with Crippen LogP contribution in [0, 0.1) is 30.1 Å². The summed E-state index contributed by atoms with van der Waals surface area (Å²) < 4.78 is 0. The van der Waals surface area contributed by atoms with Crippen LogP contribution in [0.15, 0.2) is 18.2 Å². The zero-order valence-corrected chi connectivity index (χ0v) is 9.29. The highest BCUT2D eigenvalue weighted by atomic mass is 16.1. The van der Waals surface area contributed by atoms with Crippen molar-refractivity contribution in [3.8, 4) is 17.9 Å². The van der Waals surface area contributed by atoms with Crippen LogP contribution >= 0.6 is 0 Å². The molecule has 0 heterocycles. The lowest BCUT2D eigenvalue weighted by Crippen LogP contribution is -2.19. The fourth-order valence-corrected chi connectivity index (χ4v) is 1.18. The van der Waals surface area contributed by atoms with E-state index >= 15 is 0 Å². The normalized spacial score (nSPS) is 8.56. The quantitative estimate of drug-likeness (QED) is 0.714. The van der Waals surface area contributed by atoms with E-state index in [2.05, 4.69) is 23.2 Å². The number of hydrogen-bond acceptors (Lipinski definition) is 2. The number of nitriles is 1. The van der Waals surface area contributed by atoms with Crippen molar-refractivity contribution >= 4 is 5.91 Å². The lowest BCUT2D eigenvalue weighted by atomic mass is 10.1. The van der Waals surface area contributed by atoms with Crippen molar-refractivity contribution < 1.29 is 4.79 Å². The molecule has 80 valence electrons. The molecule has 0 aliphatic carbocycles. The Bertz CT molecular complexity index is 501. The van der Waals surface area contributed by atoms with Crippen LogP contribution in [0.5, 0.6) is 0 Å². The molecule has 3 heteroatoms. The molecule has 0 saturated carbocycles. The Labute approximate surface area is 95.1 Å². The van der Waals surface area contributed by atoms with E-state index in [0.29, 0.717) is 12.1 Å². The van der Waals surface area contributed by atoms with Crippen molar-refractivity contribution in [3.05, 3.63) is 34.9 Å². The Balaban J connectivity index is 2.72. The molecule has 0 atom stereocenters. The minimum absolute atomic E-state index is 0.0923. The Morgan fingerprint density at radius 3 is 2.81 bits per heavy atom. The van der Waals surface area contributed by atoms with E-state index in [-0.39, 0.29) is 5.91 Å². The summed E-state index contributed by atoms with van der Waals surface area (Å²) >= 11 is 0. The van der Waals surface area contributed by atoms with Gasteiger partial charge in [-0.15, -0.1) is 0 Å². The molecule has 0 spiro atoms. The molecular formula is C13H12N2O. The molecule has 3 nitrogen and oxygen atoms in total. The third-order valence-electron chi connectivity index (χ3n) is 2.01. The number of hydrogen-bond donors (Lipinski definition) is 1. The molecule has 0 aliphatic rings. The fourth-order valence-electron chi connectivity index (χ4n) is 1.18. The molecule has 1 aromatic rings. The largest absolute Gasteiger partial charge is 0.345 e. The molecule has 0 aliphatic heterocycles. The molecular weight excluding hydrogens is 200 g/mol. The van der Waals surface area contributed by atoms with Crippen LogP contribution in [0.1, 0.15) is 23.6 Å². The Morgan fingerprint density at radius 1 is 1.50 bits per heavy atom. The van der Waals surface area contributed by atoms with E-state index in [4.69, 9.17) is 5.26 Å². The number of nitrogens with zero attached hydrogens (tertiary/aromatic N) is 1. The SMILES string of the molecule is CC(=O)NCC#Cc1ccc(C#N)c(C)c1. The van der Waals surface area contributed by atoms with Gasteiger partial charge in [-0.25, -0.2) is 0 Å². The van der Waals surface area contributed by atoms with Gasteiger partial charge in [-0.05, 0) is 30.7 Å². The lowest BCUT2D eigenvalue weighted by molar-refractivity contribution is -0.118. The van der Waals surface area contributed by atoms with Gasteiger partial charge in [0.1, 0.15) is 0 Å². The van der Waals surface area contributed by atoms with Gasteiger partial charge in [0.25, 0.3) is 0 Å². The maximum atomic E-state index is 10.6. The zero-order chi connectivity index (χ0) is 12.0. The van der Waals surface area contributed by atoms with Gasteiger partial charge in [0.15, 0.2) is 0 Å². The minimum Gasteiger partial charge on any atom is -0.345 e. The first-order valence-corrected chi connectivity index (χ1v) is 4.87. The van der Waals surface area contributed by atoms with Gasteiger partial charge >= 0.3 is 0 Å². The van der Waals surface area contributed by atoms with Crippen molar-refractivity contribution in [2.45, 2.75) is 13.8 Å². The average molecular weight is 212 g/mol. The van der Waals surface area contributed by atoms with Gasteiger partial charge in [0.05, 0.1) is 18.2 Å². The van der Waals surface area contributed by atoms with Gasteiger partial charge in [0.2, 0.25) is 5.91 Å². The van der Waals surface area contributed by atoms with E-state index in [9.17, 15) is 4.79 Å². The van der Waals surface area contributed by atoms with E-state index in [0.717, 1.165) is 11.1 Å². The van der Waals surface area contributed by atoms with Gasteiger partial charge in [-0.1, -0.05) is 11.8 Å². The van der Waals surface area contributed by atoms with Gasteiger partial charge < -0.3 is 5.32 Å².